The minimum atomic E-state index is 0.0479. The Bertz CT molecular complexity index is 602. The van der Waals surface area contributed by atoms with Gasteiger partial charge < -0.3 is 10.2 Å². The van der Waals surface area contributed by atoms with Crippen molar-refractivity contribution in [3.8, 4) is 0 Å². The smallest absolute Gasteiger partial charge is 0.317 e. The Morgan fingerprint density at radius 2 is 2.29 bits per heavy atom. The molecule has 1 aliphatic rings. The van der Waals surface area contributed by atoms with Crippen LogP contribution >= 0.6 is 22.7 Å². The number of nitrogens with zero attached hydrogens (tertiary/aromatic N) is 1. The zero-order valence-electron chi connectivity index (χ0n) is 11.7. The molecule has 3 nitrogen and oxygen atoms in total. The molecule has 3 rings (SSSR count). The molecule has 2 aromatic heterocycles. The van der Waals surface area contributed by atoms with Gasteiger partial charge in [0.25, 0.3) is 0 Å². The van der Waals surface area contributed by atoms with E-state index in [-0.39, 0.29) is 6.03 Å². The van der Waals surface area contributed by atoms with Gasteiger partial charge >= 0.3 is 6.03 Å². The lowest BCUT2D eigenvalue weighted by Crippen LogP contribution is -2.42. The number of rotatable bonds is 4. The Kier molecular flexibility index (Phi) is 4.72. The lowest BCUT2D eigenvalue weighted by Gasteiger charge is -2.26. The number of amides is 2. The number of hydrogen-bond donors (Lipinski definition) is 1. The molecule has 3 heterocycles. The third kappa shape index (κ3) is 3.74. The van der Waals surface area contributed by atoms with E-state index in [0.717, 1.165) is 19.4 Å². The number of hydrogen-bond acceptors (Lipinski definition) is 3. The average Bonchev–Trinajstić information content (AvgIpc) is 3.21. The highest BCUT2D eigenvalue weighted by Crippen LogP contribution is 2.25. The molecule has 110 valence electrons. The third-order valence-electron chi connectivity index (χ3n) is 3.60. The Balaban J connectivity index is 1.46. The van der Waals surface area contributed by atoms with Crippen LogP contribution in [0.25, 0.3) is 5.57 Å². The first-order valence-electron chi connectivity index (χ1n) is 7.10. The summed E-state index contributed by atoms with van der Waals surface area (Å²) in [6, 6.07) is 6.37. The minimum absolute atomic E-state index is 0.0479. The van der Waals surface area contributed by atoms with E-state index in [1.54, 1.807) is 22.7 Å². The van der Waals surface area contributed by atoms with E-state index >= 15 is 0 Å². The SMILES string of the molecule is O=C(NCCc1ccsc1)N1CC=C(c2cccs2)CC1. The lowest BCUT2D eigenvalue weighted by atomic mass is 10.1. The van der Waals surface area contributed by atoms with Crippen LogP contribution in [0.15, 0.2) is 40.4 Å². The number of thiophene rings is 2. The standard InChI is InChI=1S/C16H18N2OS2/c19-16(17-7-3-13-6-11-20-12-13)18-8-4-14(5-9-18)15-2-1-10-21-15/h1-2,4,6,10-12H,3,5,7-9H2,(H,17,19). The van der Waals surface area contributed by atoms with Crippen molar-refractivity contribution in [2.24, 2.45) is 0 Å². The maximum absolute atomic E-state index is 12.1. The van der Waals surface area contributed by atoms with Crippen molar-refractivity contribution in [3.63, 3.8) is 0 Å². The molecule has 0 aromatic carbocycles. The molecule has 0 unspecified atom stereocenters. The van der Waals surface area contributed by atoms with Gasteiger partial charge in [0.05, 0.1) is 0 Å². The summed E-state index contributed by atoms with van der Waals surface area (Å²) in [5.41, 5.74) is 2.66. The first-order chi connectivity index (χ1) is 10.3. The Hall–Kier alpha value is -1.59. The van der Waals surface area contributed by atoms with Crippen LogP contribution in [0.2, 0.25) is 0 Å². The number of carbonyl (C=O) groups is 1. The second-order valence-corrected chi connectivity index (χ2v) is 6.74. The molecule has 1 N–H and O–H groups in total. The summed E-state index contributed by atoms with van der Waals surface area (Å²) in [6.07, 6.45) is 4.02. The summed E-state index contributed by atoms with van der Waals surface area (Å²) in [5.74, 6) is 0. The average molecular weight is 318 g/mol. The van der Waals surface area contributed by atoms with E-state index in [4.69, 9.17) is 0 Å². The van der Waals surface area contributed by atoms with Crippen LogP contribution in [0, 0.1) is 0 Å². The van der Waals surface area contributed by atoms with Crippen molar-refractivity contribution in [3.05, 3.63) is 50.9 Å². The van der Waals surface area contributed by atoms with Crippen molar-refractivity contribution in [2.45, 2.75) is 12.8 Å². The first-order valence-corrected chi connectivity index (χ1v) is 8.92. The fraction of sp³-hybridized carbons (Fsp3) is 0.312. The van der Waals surface area contributed by atoms with Crippen molar-refractivity contribution >= 4 is 34.3 Å². The predicted molar refractivity (Wildman–Crippen MR) is 89.9 cm³/mol. The highest BCUT2D eigenvalue weighted by molar-refractivity contribution is 7.11. The molecule has 0 bridgehead atoms. The lowest BCUT2D eigenvalue weighted by molar-refractivity contribution is 0.203. The van der Waals surface area contributed by atoms with Crippen LogP contribution in [0.1, 0.15) is 16.9 Å². The van der Waals surface area contributed by atoms with Gasteiger partial charge in [0.2, 0.25) is 0 Å². The molecule has 1 aliphatic heterocycles. The molecule has 0 radical (unpaired) electrons. The van der Waals surface area contributed by atoms with Gasteiger partial charge in [-0.15, -0.1) is 11.3 Å². The largest absolute Gasteiger partial charge is 0.338 e. The summed E-state index contributed by atoms with van der Waals surface area (Å²) >= 11 is 3.46. The van der Waals surface area contributed by atoms with Crippen LogP contribution in [0.3, 0.4) is 0 Å². The van der Waals surface area contributed by atoms with Gasteiger partial charge in [-0.2, -0.15) is 11.3 Å². The molecule has 2 amide bonds. The molecule has 0 saturated heterocycles. The van der Waals surface area contributed by atoms with Gasteiger partial charge in [-0.25, -0.2) is 4.79 Å². The highest BCUT2D eigenvalue weighted by atomic mass is 32.1. The predicted octanol–water partition coefficient (Wildman–Crippen LogP) is 3.85. The normalized spacial score (nSPS) is 14.9. The summed E-state index contributed by atoms with van der Waals surface area (Å²) in [7, 11) is 0. The molecule has 0 aliphatic carbocycles. The van der Waals surface area contributed by atoms with Gasteiger partial charge in [-0.3, -0.25) is 0 Å². The van der Waals surface area contributed by atoms with Crippen molar-refractivity contribution in [1.82, 2.24) is 10.2 Å². The van der Waals surface area contributed by atoms with E-state index < -0.39 is 0 Å². The van der Waals surface area contributed by atoms with Gasteiger partial charge in [0.1, 0.15) is 0 Å². The van der Waals surface area contributed by atoms with Crippen LogP contribution < -0.4 is 5.32 Å². The van der Waals surface area contributed by atoms with Crippen molar-refractivity contribution in [1.29, 1.82) is 0 Å². The molecule has 0 fully saturated rings. The van der Waals surface area contributed by atoms with Crippen LogP contribution in [0.4, 0.5) is 4.79 Å². The van der Waals surface area contributed by atoms with E-state index in [1.807, 2.05) is 4.90 Å². The third-order valence-corrected chi connectivity index (χ3v) is 5.28. The molecular formula is C16H18N2OS2. The van der Waals surface area contributed by atoms with Gasteiger partial charge in [0.15, 0.2) is 0 Å². The molecule has 2 aromatic rings. The van der Waals surface area contributed by atoms with E-state index in [9.17, 15) is 4.79 Å². The second-order valence-electron chi connectivity index (χ2n) is 5.02. The van der Waals surface area contributed by atoms with Gasteiger partial charge in [-0.05, 0) is 52.3 Å². The van der Waals surface area contributed by atoms with Crippen molar-refractivity contribution in [2.75, 3.05) is 19.6 Å². The fourth-order valence-corrected chi connectivity index (χ4v) is 3.90. The van der Waals surface area contributed by atoms with Crippen LogP contribution in [0.5, 0.6) is 0 Å². The van der Waals surface area contributed by atoms with Gasteiger partial charge in [0, 0.05) is 24.5 Å². The fourth-order valence-electron chi connectivity index (χ4n) is 2.40. The highest BCUT2D eigenvalue weighted by Gasteiger charge is 2.17. The Morgan fingerprint density at radius 1 is 1.33 bits per heavy atom. The number of urea groups is 1. The topological polar surface area (TPSA) is 32.3 Å². The summed E-state index contributed by atoms with van der Waals surface area (Å²) in [6.45, 7) is 2.21. The number of carbonyl (C=O) groups excluding carboxylic acids is 1. The number of nitrogens with one attached hydrogen (secondary N) is 1. The summed E-state index contributed by atoms with van der Waals surface area (Å²) in [4.78, 5) is 15.3. The van der Waals surface area contributed by atoms with E-state index in [1.165, 1.54) is 16.0 Å². The quantitative estimate of drug-likeness (QED) is 0.912. The maximum atomic E-state index is 12.1. The molecule has 0 saturated carbocycles. The monoisotopic (exact) mass is 318 g/mol. The molecule has 5 heteroatoms. The van der Waals surface area contributed by atoms with E-state index in [2.05, 4.69) is 45.7 Å². The second kappa shape index (κ2) is 6.91. The Labute approximate surface area is 132 Å². The van der Waals surface area contributed by atoms with Crippen LogP contribution in [-0.4, -0.2) is 30.6 Å². The Morgan fingerprint density at radius 3 is 2.95 bits per heavy atom. The van der Waals surface area contributed by atoms with E-state index in [0.29, 0.717) is 13.1 Å². The van der Waals surface area contributed by atoms with Crippen LogP contribution in [-0.2, 0) is 6.42 Å². The first kappa shape index (κ1) is 14.4. The summed E-state index contributed by atoms with van der Waals surface area (Å²) < 4.78 is 0. The molecule has 0 spiro atoms. The maximum Gasteiger partial charge on any atom is 0.317 e. The zero-order chi connectivity index (χ0) is 14.5. The summed E-state index contributed by atoms with van der Waals surface area (Å²) in [5, 5.41) is 9.30. The molecule has 21 heavy (non-hydrogen) atoms. The van der Waals surface area contributed by atoms with Crippen molar-refractivity contribution < 1.29 is 4.79 Å². The molecular weight excluding hydrogens is 300 g/mol. The minimum Gasteiger partial charge on any atom is -0.338 e. The van der Waals surface area contributed by atoms with Gasteiger partial charge in [-0.1, -0.05) is 12.1 Å². The zero-order valence-corrected chi connectivity index (χ0v) is 13.4. The molecule has 0 atom stereocenters.